The molecule has 118 valence electrons. The predicted octanol–water partition coefficient (Wildman–Crippen LogP) is 2.46. The molecule has 0 aromatic carbocycles. The molecule has 1 fully saturated rings. The number of likely N-dealkylation sites (tertiary alicyclic amines) is 1. The molecule has 0 aromatic heterocycles. The van der Waals surface area contributed by atoms with Crippen molar-refractivity contribution in [1.29, 1.82) is 0 Å². The number of guanidine groups is 1. The third-order valence-electron chi connectivity index (χ3n) is 3.71. The first-order valence-electron chi connectivity index (χ1n) is 8.47. The maximum Gasteiger partial charge on any atom is 0.191 e. The minimum Gasteiger partial charge on any atom is -0.357 e. The Bertz CT molecular complexity index is 257. The Morgan fingerprint density at radius 1 is 1.15 bits per heavy atom. The van der Waals surface area contributed by atoms with Gasteiger partial charge in [0.25, 0.3) is 0 Å². The Hall–Kier alpha value is -0.770. The highest BCUT2D eigenvalue weighted by Crippen LogP contribution is 2.08. The van der Waals surface area contributed by atoms with Gasteiger partial charge in [0.1, 0.15) is 0 Å². The van der Waals surface area contributed by atoms with Crippen molar-refractivity contribution in [2.45, 2.75) is 52.9 Å². The predicted molar refractivity (Wildman–Crippen MR) is 88.3 cm³/mol. The van der Waals surface area contributed by atoms with Crippen LogP contribution >= 0.6 is 0 Å². The molecule has 1 rings (SSSR count). The van der Waals surface area contributed by atoms with Gasteiger partial charge in [0.2, 0.25) is 0 Å². The van der Waals surface area contributed by atoms with E-state index in [2.05, 4.69) is 41.3 Å². The topological polar surface area (TPSA) is 39.7 Å². The lowest BCUT2D eigenvalue weighted by Crippen LogP contribution is -2.38. The monoisotopic (exact) mass is 282 g/mol. The fourth-order valence-electron chi connectivity index (χ4n) is 2.47. The fraction of sp³-hybridized carbons (Fsp3) is 0.938. The van der Waals surface area contributed by atoms with Crippen LogP contribution in [0.25, 0.3) is 0 Å². The number of hydrogen-bond acceptors (Lipinski definition) is 2. The minimum atomic E-state index is 0.742. The first kappa shape index (κ1) is 17.3. The summed E-state index contributed by atoms with van der Waals surface area (Å²) in [4.78, 5) is 7.23. The van der Waals surface area contributed by atoms with Crippen LogP contribution in [0.15, 0.2) is 4.99 Å². The molecule has 0 radical (unpaired) electrons. The highest BCUT2D eigenvalue weighted by Gasteiger charge is 2.09. The van der Waals surface area contributed by atoms with Gasteiger partial charge in [0, 0.05) is 19.6 Å². The molecule has 0 bridgehead atoms. The summed E-state index contributed by atoms with van der Waals surface area (Å²) in [7, 11) is 0. The van der Waals surface area contributed by atoms with Gasteiger partial charge in [-0.05, 0) is 64.6 Å². The summed E-state index contributed by atoms with van der Waals surface area (Å²) < 4.78 is 0. The van der Waals surface area contributed by atoms with E-state index in [4.69, 9.17) is 0 Å². The van der Waals surface area contributed by atoms with Crippen LogP contribution in [-0.2, 0) is 0 Å². The molecule has 1 saturated heterocycles. The quantitative estimate of drug-likeness (QED) is 0.388. The second kappa shape index (κ2) is 11.0. The Morgan fingerprint density at radius 2 is 1.90 bits per heavy atom. The van der Waals surface area contributed by atoms with Gasteiger partial charge in [-0.3, -0.25) is 4.99 Å². The smallest absolute Gasteiger partial charge is 0.191 e. The molecular formula is C16H34N4. The molecule has 0 saturated carbocycles. The molecule has 0 amide bonds. The van der Waals surface area contributed by atoms with Crippen molar-refractivity contribution >= 4 is 5.96 Å². The zero-order chi connectivity index (χ0) is 14.6. The van der Waals surface area contributed by atoms with Gasteiger partial charge >= 0.3 is 0 Å². The lowest BCUT2D eigenvalue weighted by Gasteiger charge is -2.14. The molecule has 2 N–H and O–H groups in total. The van der Waals surface area contributed by atoms with E-state index in [-0.39, 0.29) is 0 Å². The van der Waals surface area contributed by atoms with Crippen molar-refractivity contribution in [3.8, 4) is 0 Å². The number of nitrogens with zero attached hydrogens (tertiary/aromatic N) is 2. The van der Waals surface area contributed by atoms with E-state index in [0.717, 1.165) is 31.5 Å². The summed E-state index contributed by atoms with van der Waals surface area (Å²) in [6.45, 7) is 13.4. The van der Waals surface area contributed by atoms with E-state index in [1.165, 1.54) is 51.7 Å². The fourth-order valence-corrected chi connectivity index (χ4v) is 2.47. The van der Waals surface area contributed by atoms with Crippen LogP contribution in [0, 0.1) is 5.92 Å². The lowest BCUT2D eigenvalue weighted by molar-refractivity contribution is 0.331. The van der Waals surface area contributed by atoms with Gasteiger partial charge in [0.05, 0.1) is 0 Å². The van der Waals surface area contributed by atoms with Crippen molar-refractivity contribution in [3.63, 3.8) is 0 Å². The highest BCUT2D eigenvalue weighted by molar-refractivity contribution is 5.79. The molecule has 0 unspecified atom stereocenters. The third kappa shape index (κ3) is 8.41. The molecule has 0 aromatic rings. The lowest BCUT2D eigenvalue weighted by atomic mass is 10.1. The van der Waals surface area contributed by atoms with Crippen LogP contribution in [0.5, 0.6) is 0 Å². The summed E-state index contributed by atoms with van der Waals surface area (Å²) in [6.07, 6.45) is 6.44. The summed E-state index contributed by atoms with van der Waals surface area (Å²) in [5, 5.41) is 6.73. The zero-order valence-corrected chi connectivity index (χ0v) is 13.7. The van der Waals surface area contributed by atoms with E-state index < -0.39 is 0 Å². The number of unbranched alkanes of at least 4 members (excludes halogenated alkanes) is 1. The van der Waals surface area contributed by atoms with Crippen molar-refractivity contribution in [2.75, 3.05) is 39.3 Å². The summed E-state index contributed by atoms with van der Waals surface area (Å²) in [5.41, 5.74) is 0. The molecule has 4 heteroatoms. The van der Waals surface area contributed by atoms with E-state index >= 15 is 0 Å². The normalized spacial score (nSPS) is 16.9. The number of nitrogens with one attached hydrogen (secondary N) is 2. The molecule has 0 aliphatic carbocycles. The average molecular weight is 282 g/mol. The molecular weight excluding hydrogens is 248 g/mol. The Labute approximate surface area is 125 Å². The van der Waals surface area contributed by atoms with Gasteiger partial charge in [-0.25, -0.2) is 0 Å². The van der Waals surface area contributed by atoms with Crippen LogP contribution < -0.4 is 10.6 Å². The number of aliphatic imine (C=N–C) groups is 1. The summed E-state index contributed by atoms with van der Waals surface area (Å²) in [6, 6.07) is 0. The van der Waals surface area contributed by atoms with Crippen LogP contribution in [0.3, 0.4) is 0 Å². The minimum absolute atomic E-state index is 0.742. The molecule has 4 nitrogen and oxygen atoms in total. The molecule has 0 spiro atoms. The SMILES string of the molecule is CCNC(=NCCCCN1CCCC1)NCCC(C)C. The summed E-state index contributed by atoms with van der Waals surface area (Å²) >= 11 is 0. The standard InChI is InChI=1S/C16H34N4/c1-4-17-16(19-11-9-15(2)3)18-10-5-6-12-20-13-7-8-14-20/h15H,4-14H2,1-3H3,(H2,17,18,19). The van der Waals surface area contributed by atoms with Crippen LogP contribution in [0.2, 0.25) is 0 Å². The second-order valence-electron chi connectivity index (χ2n) is 6.13. The molecule has 0 atom stereocenters. The van der Waals surface area contributed by atoms with Crippen LogP contribution in [0.4, 0.5) is 0 Å². The van der Waals surface area contributed by atoms with Crippen molar-refractivity contribution in [3.05, 3.63) is 0 Å². The van der Waals surface area contributed by atoms with Crippen LogP contribution in [-0.4, -0.2) is 50.1 Å². The third-order valence-corrected chi connectivity index (χ3v) is 3.71. The van der Waals surface area contributed by atoms with Gasteiger partial charge in [0.15, 0.2) is 5.96 Å². The molecule has 20 heavy (non-hydrogen) atoms. The van der Waals surface area contributed by atoms with E-state index in [1.54, 1.807) is 0 Å². The maximum atomic E-state index is 4.65. The van der Waals surface area contributed by atoms with E-state index in [9.17, 15) is 0 Å². The van der Waals surface area contributed by atoms with Crippen LogP contribution in [0.1, 0.15) is 52.9 Å². The second-order valence-corrected chi connectivity index (χ2v) is 6.13. The first-order valence-corrected chi connectivity index (χ1v) is 8.47. The van der Waals surface area contributed by atoms with Gasteiger partial charge < -0.3 is 15.5 Å². The molecule has 1 aliphatic heterocycles. The maximum absolute atomic E-state index is 4.65. The Kier molecular flexibility index (Phi) is 9.46. The molecule has 1 aliphatic rings. The highest BCUT2D eigenvalue weighted by atomic mass is 15.2. The van der Waals surface area contributed by atoms with Crippen molar-refractivity contribution < 1.29 is 0 Å². The first-order chi connectivity index (χ1) is 9.72. The number of hydrogen-bond donors (Lipinski definition) is 2. The molecule has 1 heterocycles. The van der Waals surface area contributed by atoms with Gasteiger partial charge in [-0.1, -0.05) is 13.8 Å². The van der Waals surface area contributed by atoms with E-state index in [1.807, 2.05) is 0 Å². The number of rotatable bonds is 9. The Morgan fingerprint density at radius 3 is 2.55 bits per heavy atom. The Balaban J connectivity index is 2.10. The van der Waals surface area contributed by atoms with E-state index in [0.29, 0.717) is 0 Å². The zero-order valence-electron chi connectivity index (χ0n) is 13.7. The van der Waals surface area contributed by atoms with Crippen molar-refractivity contribution in [2.24, 2.45) is 10.9 Å². The van der Waals surface area contributed by atoms with Gasteiger partial charge in [-0.2, -0.15) is 0 Å². The summed E-state index contributed by atoms with van der Waals surface area (Å²) in [5.74, 6) is 1.72. The van der Waals surface area contributed by atoms with Crippen molar-refractivity contribution in [1.82, 2.24) is 15.5 Å². The average Bonchev–Trinajstić information content (AvgIpc) is 2.91. The largest absolute Gasteiger partial charge is 0.357 e. The van der Waals surface area contributed by atoms with Gasteiger partial charge in [-0.15, -0.1) is 0 Å².